The van der Waals surface area contributed by atoms with E-state index in [1.54, 1.807) is 38.5 Å². The fourth-order valence-electron chi connectivity index (χ4n) is 3.22. The third-order valence-electron chi connectivity index (χ3n) is 4.94. The van der Waals surface area contributed by atoms with Crippen LogP contribution in [0.4, 0.5) is 5.69 Å². The highest BCUT2D eigenvalue weighted by Gasteiger charge is 2.17. The molecule has 0 aliphatic heterocycles. The van der Waals surface area contributed by atoms with Gasteiger partial charge in [0, 0.05) is 5.69 Å². The molecule has 0 aromatic heterocycles. The van der Waals surface area contributed by atoms with Crippen molar-refractivity contribution in [2.75, 3.05) is 33.2 Å². The first-order valence-corrected chi connectivity index (χ1v) is 10.0. The normalized spacial score (nSPS) is 10.4. The van der Waals surface area contributed by atoms with E-state index in [4.69, 9.17) is 14.2 Å². The largest absolute Gasteiger partial charge is 0.497 e. The number of amides is 1. The summed E-state index contributed by atoms with van der Waals surface area (Å²) in [5.41, 5.74) is 2.88. The summed E-state index contributed by atoms with van der Waals surface area (Å²) >= 11 is 0. The summed E-state index contributed by atoms with van der Waals surface area (Å²) in [6, 6.07) is 21.5. The summed E-state index contributed by atoms with van der Waals surface area (Å²) in [4.78, 5) is 24.5. The molecule has 0 atom stereocenters. The lowest BCUT2D eigenvalue weighted by Crippen LogP contribution is -2.34. The number of anilines is 1. The van der Waals surface area contributed by atoms with Crippen LogP contribution in [0.15, 0.2) is 72.8 Å². The molecule has 3 aromatic carbocycles. The van der Waals surface area contributed by atoms with Crippen molar-refractivity contribution in [2.45, 2.75) is 6.04 Å². The SMILES string of the molecule is COC(=O)c1cccc(NCC(=O)NC(c2ccc(OC)cc2)c2ccc(OC)cc2)c1. The van der Waals surface area contributed by atoms with Crippen LogP contribution in [0.25, 0.3) is 0 Å². The maximum atomic E-state index is 12.8. The van der Waals surface area contributed by atoms with Gasteiger partial charge in [-0.2, -0.15) is 0 Å². The lowest BCUT2D eigenvalue weighted by Gasteiger charge is -2.21. The van der Waals surface area contributed by atoms with Gasteiger partial charge < -0.3 is 24.8 Å². The second-order valence-electron chi connectivity index (χ2n) is 6.97. The number of esters is 1. The molecule has 0 aliphatic rings. The molecule has 166 valence electrons. The third kappa shape index (κ3) is 5.78. The number of carbonyl (C=O) groups is 2. The molecule has 0 aliphatic carbocycles. The van der Waals surface area contributed by atoms with Gasteiger partial charge in [-0.3, -0.25) is 4.79 Å². The second kappa shape index (κ2) is 10.9. The van der Waals surface area contributed by atoms with Gasteiger partial charge in [-0.05, 0) is 53.6 Å². The number of carbonyl (C=O) groups excluding carboxylic acids is 2. The summed E-state index contributed by atoms with van der Waals surface area (Å²) < 4.78 is 15.2. The second-order valence-corrected chi connectivity index (χ2v) is 6.97. The molecule has 0 heterocycles. The van der Waals surface area contributed by atoms with Crippen LogP contribution in [0.5, 0.6) is 11.5 Å². The number of nitrogens with one attached hydrogen (secondary N) is 2. The van der Waals surface area contributed by atoms with E-state index in [1.807, 2.05) is 48.5 Å². The fraction of sp³-hybridized carbons (Fsp3) is 0.200. The Morgan fingerprint density at radius 3 is 1.88 bits per heavy atom. The smallest absolute Gasteiger partial charge is 0.337 e. The fourth-order valence-corrected chi connectivity index (χ4v) is 3.22. The topological polar surface area (TPSA) is 85.9 Å². The molecule has 0 saturated heterocycles. The highest BCUT2D eigenvalue weighted by Crippen LogP contribution is 2.26. The van der Waals surface area contributed by atoms with Gasteiger partial charge in [-0.25, -0.2) is 4.79 Å². The van der Waals surface area contributed by atoms with Gasteiger partial charge in [-0.1, -0.05) is 30.3 Å². The molecule has 7 heteroatoms. The van der Waals surface area contributed by atoms with Crippen LogP contribution in [0.2, 0.25) is 0 Å². The van der Waals surface area contributed by atoms with E-state index < -0.39 is 5.97 Å². The Morgan fingerprint density at radius 2 is 1.38 bits per heavy atom. The van der Waals surface area contributed by atoms with Crippen LogP contribution in [-0.2, 0) is 9.53 Å². The Balaban J connectivity index is 1.74. The summed E-state index contributed by atoms with van der Waals surface area (Å²) in [7, 11) is 4.55. The summed E-state index contributed by atoms with van der Waals surface area (Å²) in [6.45, 7) is 0.0352. The molecule has 0 unspecified atom stereocenters. The predicted molar refractivity (Wildman–Crippen MR) is 122 cm³/mol. The lowest BCUT2D eigenvalue weighted by atomic mass is 9.98. The minimum absolute atomic E-state index is 0.0352. The number of methoxy groups -OCH3 is 3. The zero-order valence-electron chi connectivity index (χ0n) is 18.3. The van der Waals surface area contributed by atoms with Crippen molar-refractivity contribution >= 4 is 17.6 Å². The minimum Gasteiger partial charge on any atom is -0.497 e. The van der Waals surface area contributed by atoms with Gasteiger partial charge in [0.15, 0.2) is 0 Å². The van der Waals surface area contributed by atoms with Crippen LogP contribution in [0.3, 0.4) is 0 Å². The van der Waals surface area contributed by atoms with Gasteiger partial charge in [-0.15, -0.1) is 0 Å². The average Bonchev–Trinajstić information content (AvgIpc) is 2.86. The molecule has 32 heavy (non-hydrogen) atoms. The standard InChI is InChI=1S/C25H26N2O5/c1-30-21-11-7-17(8-12-21)24(18-9-13-22(31-2)14-10-18)27-23(28)16-26-20-6-4-5-19(15-20)25(29)32-3/h4-15,24,26H,16H2,1-3H3,(H,27,28). The Labute approximate surface area is 187 Å². The van der Waals surface area contributed by atoms with Crippen LogP contribution in [0, 0.1) is 0 Å². The van der Waals surface area contributed by atoms with E-state index >= 15 is 0 Å². The molecule has 2 N–H and O–H groups in total. The first kappa shape index (κ1) is 22.7. The molecular weight excluding hydrogens is 408 g/mol. The lowest BCUT2D eigenvalue weighted by molar-refractivity contribution is -0.119. The quantitative estimate of drug-likeness (QED) is 0.498. The molecule has 3 aromatic rings. The van der Waals surface area contributed by atoms with Crippen molar-refractivity contribution in [3.8, 4) is 11.5 Å². The van der Waals surface area contributed by atoms with Gasteiger partial charge >= 0.3 is 5.97 Å². The Bertz CT molecular complexity index is 1000. The average molecular weight is 434 g/mol. The Hall–Kier alpha value is -4.00. The number of hydrogen-bond donors (Lipinski definition) is 2. The van der Waals surface area contributed by atoms with E-state index in [1.165, 1.54) is 7.11 Å². The highest BCUT2D eigenvalue weighted by atomic mass is 16.5. The van der Waals surface area contributed by atoms with E-state index in [-0.39, 0.29) is 18.5 Å². The van der Waals surface area contributed by atoms with Crippen molar-refractivity contribution in [1.29, 1.82) is 0 Å². The number of benzene rings is 3. The first-order valence-electron chi connectivity index (χ1n) is 10.0. The molecule has 0 radical (unpaired) electrons. The summed E-state index contributed by atoms with van der Waals surface area (Å²) in [6.07, 6.45) is 0. The first-order chi connectivity index (χ1) is 15.5. The summed E-state index contributed by atoms with van der Waals surface area (Å²) in [5.74, 6) is 0.837. The van der Waals surface area contributed by atoms with E-state index in [0.29, 0.717) is 11.3 Å². The number of ether oxygens (including phenoxy) is 3. The van der Waals surface area contributed by atoms with Crippen molar-refractivity contribution in [2.24, 2.45) is 0 Å². The van der Waals surface area contributed by atoms with Gasteiger partial charge in [0.25, 0.3) is 0 Å². The van der Waals surface area contributed by atoms with Crippen LogP contribution >= 0.6 is 0 Å². The predicted octanol–water partition coefficient (Wildman–Crippen LogP) is 3.81. The van der Waals surface area contributed by atoms with Crippen molar-refractivity contribution < 1.29 is 23.8 Å². The monoisotopic (exact) mass is 434 g/mol. The third-order valence-corrected chi connectivity index (χ3v) is 4.94. The molecule has 7 nitrogen and oxygen atoms in total. The zero-order chi connectivity index (χ0) is 22.9. The summed E-state index contributed by atoms with van der Waals surface area (Å²) in [5, 5.41) is 6.12. The van der Waals surface area contributed by atoms with Crippen molar-refractivity contribution in [3.63, 3.8) is 0 Å². The molecular formula is C25H26N2O5. The van der Waals surface area contributed by atoms with Gasteiger partial charge in [0.05, 0.1) is 39.5 Å². The number of hydrogen-bond acceptors (Lipinski definition) is 6. The molecule has 1 amide bonds. The van der Waals surface area contributed by atoms with Crippen LogP contribution in [0.1, 0.15) is 27.5 Å². The van der Waals surface area contributed by atoms with Crippen LogP contribution < -0.4 is 20.1 Å². The Morgan fingerprint density at radius 1 is 0.812 bits per heavy atom. The molecule has 0 saturated carbocycles. The van der Waals surface area contributed by atoms with Gasteiger partial charge in [0.2, 0.25) is 5.91 Å². The Kier molecular flexibility index (Phi) is 7.70. The van der Waals surface area contributed by atoms with Crippen molar-refractivity contribution in [3.05, 3.63) is 89.5 Å². The molecule has 0 fully saturated rings. The highest BCUT2D eigenvalue weighted by molar-refractivity contribution is 5.90. The molecule has 0 bridgehead atoms. The maximum absolute atomic E-state index is 12.8. The van der Waals surface area contributed by atoms with Crippen LogP contribution in [-0.4, -0.2) is 39.8 Å². The maximum Gasteiger partial charge on any atom is 0.337 e. The van der Waals surface area contributed by atoms with Gasteiger partial charge in [0.1, 0.15) is 11.5 Å². The molecule has 3 rings (SSSR count). The molecule has 0 spiro atoms. The van der Waals surface area contributed by atoms with E-state index in [9.17, 15) is 9.59 Å². The number of rotatable bonds is 9. The minimum atomic E-state index is -0.433. The van der Waals surface area contributed by atoms with E-state index in [2.05, 4.69) is 10.6 Å². The van der Waals surface area contributed by atoms with E-state index in [0.717, 1.165) is 22.6 Å². The zero-order valence-corrected chi connectivity index (χ0v) is 18.3. The van der Waals surface area contributed by atoms with Crippen molar-refractivity contribution in [1.82, 2.24) is 5.32 Å².